The molecule has 3 rings (SSSR count). The highest BCUT2D eigenvalue weighted by Crippen LogP contribution is 2.33. The Hall–Kier alpha value is -1.39. The Morgan fingerprint density at radius 3 is 2.33 bits per heavy atom. The average molecular weight is 485 g/mol. The summed E-state index contributed by atoms with van der Waals surface area (Å²) in [4.78, 5) is 14.5. The number of benzene rings is 1. The van der Waals surface area contributed by atoms with E-state index in [4.69, 9.17) is 23.2 Å². The minimum atomic E-state index is -4.62. The predicted molar refractivity (Wildman–Crippen MR) is 92.8 cm³/mol. The molecule has 0 saturated heterocycles. The SMILES string of the molecule is FC(F)(F)c1cc(-c2ccc(Cl)c(Cl)c2)nc(-c2nc(I)c[nH]2)n1. The molecular weight excluding hydrogens is 479 g/mol. The van der Waals surface area contributed by atoms with Crippen molar-refractivity contribution in [3.63, 3.8) is 0 Å². The van der Waals surface area contributed by atoms with Crippen molar-refractivity contribution in [3.05, 3.63) is 49.9 Å². The molecule has 0 atom stereocenters. The van der Waals surface area contributed by atoms with Crippen LogP contribution in [0.3, 0.4) is 0 Å². The monoisotopic (exact) mass is 484 g/mol. The third-order valence-corrected chi connectivity index (χ3v) is 4.28. The number of nitrogens with one attached hydrogen (secondary N) is 1. The molecule has 4 nitrogen and oxygen atoms in total. The number of aromatic amines is 1. The summed E-state index contributed by atoms with van der Waals surface area (Å²) in [6.07, 6.45) is -3.08. The summed E-state index contributed by atoms with van der Waals surface area (Å²) in [5.74, 6) is -0.0133. The van der Waals surface area contributed by atoms with Crippen molar-refractivity contribution in [2.75, 3.05) is 0 Å². The number of hydrogen-bond acceptors (Lipinski definition) is 3. The first kappa shape index (κ1) is 17.4. The fourth-order valence-corrected chi connectivity index (χ4v) is 2.61. The Morgan fingerprint density at radius 1 is 1.00 bits per heavy atom. The summed E-state index contributed by atoms with van der Waals surface area (Å²) in [7, 11) is 0. The first-order valence-corrected chi connectivity index (χ1v) is 8.20. The number of halogens is 6. The molecule has 2 aromatic heterocycles. The van der Waals surface area contributed by atoms with E-state index in [0.717, 1.165) is 6.07 Å². The van der Waals surface area contributed by atoms with Crippen molar-refractivity contribution >= 4 is 45.8 Å². The maximum absolute atomic E-state index is 13.2. The van der Waals surface area contributed by atoms with E-state index in [1.807, 2.05) is 22.6 Å². The maximum Gasteiger partial charge on any atom is 0.433 e. The lowest BCUT2D eigenvalue weighted by Crippen LogP contribution is -2.10. The van der Waals surface area contributed by atoms with Crippen molar-refractivity contribution in [2.24, 2.45) is 0 Å². The molecule has 0 amide bonds. The van der Waals surface area contributed by atoms with Crippen molar-refractivity contribution in [1.29, 1.82) is 0 Å². The van der Waals surface area contributed by atoms with Crippen LogP contribution in [0.4, 0.5) is 13.2 Å². The maximum atomic E-state index is 13.2. The number of H-pyrrole nitrogens is 1. The quantitative estimate of drug-likeness (QED) is 0.491. The van der Waals surface area contributed by atoms with E-state index in [1.165, 1.54) is 18.2 Å². The van der Waals surface area contributed by atoms with Crippen molar-refractivity contribution in [1.82, 2.24) is 19.9 Å². The third kappa shape index (κ3) is 3.65. The summed E-state index contributed by atoms with van der Waals surface area (Å²) in [5.41, 5.74) is -0.614. The summed E-state index contributed by atoms with van der Waals surface area (Å²) < 4.78 is 40.1. The van der Waals surface area contributed by atoms with Crippen LogP contribution in [0.2, 0.25) is 10.0 Å². The van der Waals surface area contributed by atoms with Crippen molar-refractivity contribution in [3.8, 4) is 22.9 Å². The Kier molecular flexibility index (Phi) is 4.71. The van der Waals surface area contributed by atoms with Gasteiger partial charge < -0.3 is 4.98 Å². The molecule has 2 heterocycles. The van der Waals surface area contributed by atoms with Gasteiger partial charge in [0.25, 0.3) is 0 Å². The zero-order valence-corrected chi connectivity index (χ0v) is 15.2. The molecule has 0 bridgehead atoms. The van der Waals surface area contributed by atoms with E-state index in [2.05, 4.69) is 19.9 Å². The number of imidazole rings is 1. The van der Waals surface area contributed by atoms with Crippen LogP contribution in [0.5, 0.6) is 0 Å². The van der Waals surface area contributed by atoms with Crippen LogP contribution < -0.4 is 0 Å². The van der Waals surface area contributed by atoms with Crippen LogP contribution in [0.1, 0.15) is 5.69 Å². The molecule has 0 unspecified atom stereocenters. The Balaban J connectivity index is 2.19. The second-order valence-electron chi connectivity index (χ2n) is 4.66. The molecule has 0 radical (unpaired) electrons. The molecule has 0 saturated carbocycles. The molecule has 0 aliphatic carbocycles. The molecule has 0 spiro atoms. The fraction of sp³-hybridized carbons (Fsp3) is 0.0714. The smallest absolute Gasteiger partial charge is 0.341 e. The van der Waals surface area contributed by atoms with Gasteiger partial charge in [0.1, 0.15) is 9.39 Å². The number of hydrogen-bond donors (Lipinski definition) is 1. The number of alkyl halides is 3. The zero-order valence-electron chi connectivity index (χ0n) is 11.5. The molecule has 0 aliphatic rings. The van der Waals surface area contributed by atoms with Crippen molar-refractivity contribution < 1.29 is 13.2 Å². The van der Waals surface area contributed by atoms with Crippen LogP contribution in [0.15, 0.2) is 30.5 Å². The van der Waals surface area contributed by atoms with Crippen LogP contribution >= 0.6 is 45.8 Å². The van der Waals surface area contributed by atoms with E-state index < -0.39 is 11.9 Å². The normalized spacial score (nSPS) is 11.8. The topological polar surface area (TPSA) is 54.5 Å². The highest BCUT2D eigenvalue weighted by molar-refractivity contribution is 14.1. The highest BCUT2D eigenvalue weighted by Gasteiger charge is 2.34. The molecule has 10 heteroatoms. The van der Waals surface area contributed by atoms with Crippen LogP contribution in [0.25, 0.3) is 22.9 Å². The van der Waals surface area contributed by atoms with Crippen LogP contribution in [-0.2, 0) is 6.18 Å². The third-order valence-electron chi connectivity index (χ3n) is 2.99. The van der Waals surface area contributed by atoms with Crippen LogP contribution in [-0.4, -0.2) is 19.9 Å². The van der Waals surface area contributed by atoms with E-state index in [0.29, 0.717) is 14.3 Å². The van der Waals surface area contributed by atoms with Gasteiger partial charge in [-0.3, -0.25) is 0 Å². The van der Waals surface area contributed by atoms with Gasteiger partial charge in [-0.2, -0.15) is 13.2 Å². The van der Waals surface area contributed by atoms with Gasteiger partial charge in [0, 0.05) is 11.8 Å². The predicted octanol–water partition coefficient (Wildman–Crippen LogP) is 5.46. The average Bonchev–Trinajstić information content (AvgIpc) is 2.95. The highest BCUT2D eigenvalue weighted by atomic mass is 127. The van der Waals surface area contributed by atoms with Crippen LogP contribution in [0, 0.1) is 3.70 Å². The number of nitrogens with zero attached hydrogens (tertiary/aromatic N) is 3. The molecule has 0 fully saturated rings. The van der Waals surface area contributed by atoms with E-state index in [-0.39, 0.29) is 22.4 Å². The zero-order chi connectivity index (χ0) is 17.5. The number of aromatic nitrogens is 4. The molecule has 3 aromatic rings. The van der Waals surface area contributed by atoms with Gasteiger partial charge in [-0.1, -0.05) is 29.3 Å². The van der Waals surface area contributed by atoms with Gasteiger partial charge in [-0.05, 0) is 40.8 Å². The van der Waals surface area contributed by atoms with Gasteiger partial charge in [-0.25, -0.2) is 15.0 Å². The van der Waals surface area contributed by atoms with E-state index in [9.17, 15) is 13.2 Å². The van der Waals surface area contributed by atoms with Gasteiger partial charge in [0.15, 0.2) is 11.6 Å². The van der Waals surface area contributed by atoms with Crippen molar-refractivity contribution in [2.45, 2.75) is 6.18 Å². The molecule has 24 heavy (non-hydrogen) atoms. The van der Waals surface area contributed by atoms with Gasteiger partial charge in [-0.15, -0.1) is 0 Å². The molecule has 1 aromatic carbocycles. The largest absolute Gasteiger partial charge is 0.433 e. The Bertz CT molecular complexity index is 911. The van der Waals surface area contributed by atoms with Gasteiger partial charge in [0.05, 0.1) is 15.7 Å². The molecule has 0 aliphatic heterocycles. The molecule has 1 N–H and O–H groups in total. The minimum Gasteiger partial charge on any atom is -0.341 e. The second-order valence-corrected chi connectivity index (χ2v) is 6.58. The minimum absolute atomic E-state index is 0.0669. The standard InChI is InChI=1S/C14H6Cl2F3IN4/c15-7-2-1-6(3-8(7)16)9-4-10(14(17,18)19)23-13(22-9)12-21-5-11(20)24-12/h1-5H,(H,21,24). The molecular formula is C14H6Cl2F3IN4. The summed E-state index contributed by atoms with van der Waals surface area (Å²) in [6, 6.07) is 5.33. The Morgan fingerprint density at radius 2 is 1.75 bits per heavy atom. The van der Waals surface area contributed by atoms with E-state index in [1.54, 1.807) is 6.20 Å². The fourth-order valence-electron chi connectivity index (χ4n) is 1.92. The first-order valence-electron chi connectivity index (χ1n) is 6.37. The lowest BCUT2D eigenvalue weighted by Gasteiger charge is -2.10. The first-order chi connectivity index (χ1) is 11.2. The lowest BCUT2D eigenvalue weighted by molar-refractivity contribution is -0.141. The summed E-state index contributed by atoms with van der Waals surface area (Å²) in [5, 5.41) is 0.516. The van der Waals surface area contributed by atoms with Gasteiger partial charge >= 0.3 is 6.18 Å². The summed E-state index contributed by atoms with van der Waals surface area (Å²) >= 11 is 13.7. The van der Waals surface area contributed by atoms with E-state index >= 15 is 0 Å². The second kappa shape index (κ2) is 6.49. The van der Waals surface area contributed by atoms with Gasteiger partial charge in [0.2, 0.25) is 0 Å². The summed E-state index contributed by atoms with van der Waals surface area (Å²) in [6.45, 7) is 0. The number of rotatable bonds is 2. The lowest BCUT2D eigenvalue weighted by atomic mass is 10.1. The molecule has 124 valence electrons. The Labute approximate surface area is 157 Å².